The summed E-state index contributed by atoms with van der Waals surface area (Å²) in [5, 5.41) is 13.2. The number of carboxylic acid groups (broad SMARTS) is 1. The van der Waals surface area contributed by atoms with Crippen LogP contribution < -0.4 is 9.47 Å². The summed E-state index contributed by atoms with van der Waals surface area (Å²) in [6.45, 7) is 0.347. The molecule has 1 aromatic carbocycles. The van der Waals surface area contributed by atoms with E-state index in [9.17, 15) is 4.79 Å². The Hall–Kier alpha value is -2.50. The number of rotatable bonds is 6. The van der Waals surface area contributed by atoms with Crippen molar-refractivity contribution in [1.82, 2.24) is 9.78 Å². The number of nitrogens with zero attached hydrogens (tertiary/aromatic N) is 2. The molecule has 2 rings (SSSR count). The second kappa shape index (κ2) is 6.10. The summed E-state index contributed by atoms with van der Waals surface area (Å²) >= 11 is 0. The molecule has 0 saturated heterocycles. The third-order valence-corrected chi connectivity index (χ3v) is 2.96. The first-order valence-corrected chi connectivity index (χ1v) is 6.13. The van der Waals surface area contributed by atoms with E-state index in [-0.39, 0.29) is 11.3 Å². The zero-order chi connectivity index (χ0) is 14.5. The van der Waals surface area contributed by atoms with Crippen LogP contribution in [0.25, 0.3) is 0 Å². The highest BCUT2D eigenvalue weighted by Gasteiger charge is 2.16. The lowest BCUT2D eigenvalue weighted by molar-refractivity contribution is 0.0691. The van der Waals surface area contributed by atoms with E-state index in [0.29, 0.717) is 18.8 Å². The summed E-state index contributed by atoms with van der Waals surface area (Å²) in [4.78, 5) is 11.2. The number of hydrogen-bond acceptors (Lipinski definition) is 4. The number of ether oxygens (including phenoxy) is 2. The van der Waals surface area contributed by atoms with E-state index in [1.807, 2.05) is 13.1 Å². The fraction of sp³-hybridized carbons (Fsp3) is 0.286. The van der Waals surface area contributed by atoms with Gasteiger partial charge in [0.05, 0.1) is 13.7 Å². The maximum atomic E-state index is 11.2. The summed E-state index contributed by atoms with van der Waals surface area (Å²) in [6.07, 6.45) is 2.34. The topological polar surface area (TPSA) is 73.6 Å². The Morgan fingerprint density at radius 2 is 2.20 bits per heavy atom. The number of benzene rings is 1. The third-order valence-electron chi connectivity index (χ3n) is 2.96. The zero-order valence-electron chi connectivity index (χ0n) is 11.4. The average molecular weight is 276 g/mol. The molecule has 0 aliphatic rings. The number of carboxylic acids is 1. The van der Waals surface area contributed by atoms with E-state index < -0.39 is 5.97 Å². The molecule has 0 atom stereocenters. The first kappa shape index (κ1) is 13.9. The van der Waals surface area contributed by atoms with Crippen LogP contribution in [0.1, 0.15) is 16.1 Å². The number of aromatic nitrogens is 2. The van der Waals surface area contributed by atoms with Gasteiger partial charge in [-0.05, 0) is 18.2 Å². The second-order valence-corrected chi connectivity index (χ2v) is 4.19. The maximum absolute atomic E-state index is 11.2. The Bertz CT molecular complexity index is 607. The minimum Gasteiger partial charge on any atom is -0.493 e. The molecular weight excluding hydrogens is 260 g/mol. The molecule has 6 heteroatoms. The monoisotopic (exact) mass is 276 g/mol. The van der Waals surface area contributed by atoms with Crippen LogP contribution in [-0.2, 0) is 13.5 Å². The quantitative estimate of drug-likeness (QED) is 0.870. The highest BCUT2D eigenvalue weighted by molar-refractivity contribution is 5.92. The molecule has 0 aliphatic carbocycles. The Morgan fingerprint density at radius 3 is 2.80 bits per heavy atom. The minimum absolute atomic E-state index is 0.0920. The van der Waals surface area contributed by atoms with Gasteiger partial charge in [0.15, 0.2) is 11.5 Å². The van der Waals surface area contributed by atoms with E-state index >= 15 is 0 Å². The van der Waals surface area contributed by atoms with E-state index in [4.69, 9.17) is 14.6 Å². The molecule has 1 N–H and O–H groups in total. The second-order valence-electron chi connectivity index (χ2n) is 4.19. The van der Waals surface area contributed by atoms with Gasteiger partial charge in [0, 0.05) is 25.4 Å². The van der Waals surface area contributed by atoms with Crippen molar-refractivity contribution in [3.05, 3.63) is 41.7 Å². The van der Waals surface area contributed by atoms with Crippen molar-refractivity contribution < 1.29 is 19.4 Å². The van der Waals surface area contributed by atoms with Crippen LogP contribution in [0.15, 0.2) is 30.5 Å². The van der Waals surface area contributed by atoms with Crippen molar-refractivity contribution in [2.24, 2.45) is 7.05 Å². The predicted octanol–water partition coefficient (Wildman–Crippen LogP) is 1.75. The normalized spacial score (nSPS) is 10.3. The van der Waals surface area contributed by atoms with Gasteiger partial charge in [-0.25, -0.2) is 4.79 Å². The Kier molecular flexibility index (Phi) is 4.24. The molecule has 0 unspecified atom stereocenters. The van der Waals surface area contributed by atoms with Gasteiger partial charge in [-0.3, -0.25) is 4.68 Å². The Morgan fingerprint density at radius 1 is 1.40 bits per heavy atom. The molecule has 0 spiro atoms. The fourth-order valence-corrected chi connectivity index (χ4v) is 1.90. The van der Waals surface area contributed by atoms with Gasteiger partial charge in [-0.15, -0.1) is 0 Å². The highest BCUT2D eigenvalue weighted by atomic mass is 16.5. The fourth-order valence-electron chi connectivity index (χ4n) is 1.90. The van der Waals surface area contributed by atoms with Crippen molar-refractivity contribution in [2.45, 2.75) is 6.42 Å². The van der Waals surface area contributed by atoms with Crippen molar-refractivity contribution in [2.75, 3.05) is 13.7 Å². The molecule has 0 saturated carbocycles. The van der Waals surface area contributed by atoms with Crippen LogP contribution in [0.4, 0.5) is 0 Å². The van der Waals surface area contributed by atoms with Gasteiger partial charge in [-0.1, -0.05) is 6.07 Å². The molecule has 1 aromatic heterocycles. The largest absolute Gasteiger partial charge is 0.493 e. The number of aromatic carboxylic acids is 1. The van der Waals surface area contributed by atoms with Crippen molar-refractivity contribution in [3.63, 3.8) is 0 Å². The van der Waals surface area contributed by atoms with Crippen molar-refractivity contribution in [1.29, 1.82) is 0 Å². The smallest absolute Gasteiger partial charge is 0.339 e. The van der Waals surface area contributed by atoms with Crippen LogP contribution in [0, 0.1) is 0 Å². The number of para-hydroxylation sites is 1. The lowest BCUT2D eigenvalue weighted by atomic mass is 10.2. The average Bonchev–Trinajstić information content (AvgIpc) is 2.84. The summed E-state index contributed by atoms with van der Waals surface area (Å²) in [5.74, 6) is -0.376. The van der Waals surface area contributed by atoms with Gasteiger partial charge in [0.2, 0.25) is 0 Å². The molecule has 1 heterocycles. The molecule has 0 radical (unpaired) electrons. The predicted molar refractivity (Wildman–Crippen MR) is 72.4 cm³/mol. The van der Waals surface area contributed by atoms with Gasteiger partial charge in [0.25, 0.3) is 0 Å². The van der Waals surface area contributed by atoms with Gasteiger partial charge < -0.3 is 14.6 Å². The Labute approximate surface area is 116 Å². The number of methoxy groups -OCH3 is 1. The summed E-state index contributed by atoms with van der Waals surface area (Å²) in [6, 6.07) is 6.68. The first-order chi connectivity index (χ1) is 9.63. The summed E-state index contributed by atoms with van der Waals surface area (Å²) in [7, 11) is 3.33. The van der Waals surface area contributed by atoms with Crippen LogP contribution in [0.2, 0.25) is 0 Å². The standard InChI is InChI=1S/C14H16N2O4/c1-16-10(6-8-15-16)7-9-20-13-11(14(17)18)4-3-5-12(13)19-2/h3-6,8H,7,9H2,1-2H3,(H,17,18). The number of aryl methyl sites for hydroxylation is 1. The molecule has 0 aliphatic heterocycles. The van der Waals surface area contributed by atoms with Crippen LogP contribution in [-0.4, -0.2) is 34.6 Å². The van der Waals surface area contributed by atoms with Crippen molar-refractivity contribution in [3.8, 4) is 11.5 Å². The summed E-state index contributed by atoms with van der Waals surface area (Å²) < 4.78 is 12.5. The number of carbonyl (C=O) groups is 1. The molecule has 106 valence electrons. The third kappa shape index (κ3) is 2.90. The molecule has 0 bridgehead atoms. The van der Waals surface area contributed by atoms with Crippen LogP contribution in [0.3, 0.4) is 0 Å². The molecule has 20 heavy (non-hydrogen) atoms. The highest BCUT2D eigenvalue weighted by Crippen LogP contribution is 2.31. The lowest BCUT2D eigenvalue weighted by Gasteiger charge is -2.13. The Balaban J connectivity index is 2.12. The SMILES string of the molecule is COc1cccc(C(=O)O)c1OCCc1ccnn1C. The van der Waals surface area contributed by atoms with Gasteiger partial charge in [0.1, 0.15) is 5.56 Å². The molecule has 0 fully saturated rings. The molecule has 6 nitrogen and oxygen atoms in total. The lowest BCUT2D eigenvalue weighted by Crippen LogP contribution is -2.09. The molecule has 0 amide bonds. The van der Waals surface area contributed by atoms with Gasteiger partial charge >= 0.3 is 5.97 Å². The number of hydrogen-bond donors (Lipinski definition) is 1. The maximum Gasteiger partial charge on any atom is 0.339 e. The first-order valence-electron chi connectivity index (χ1n) is 6.13. The van der Waals surface area contributed by atoms with Crippen molar-refractivity contribution >= 4 is 5.97 Å². The van der Waals surface area contributed by atoms with E-state index in [2.05, 4.69) is 5.10 Å². The minimum atomic E-state index is -1.04. The van der Waals surface area contributed by atoms with Gasteiger partial charge in [-0.2, -0.15) is 5.10 Å². The van der Waals surface area contributed by atoms with E-state index in [0.717, 1.165) is 5.69 Å². The molecule has 2 aromatic rings. The van der Waals surface area contributed by atoms with Crippen LogP contribution >= 0.6 is 0 Å². The summed E-state index contributed by atoms with van der Waals surface area (Å²) in [5.41, 5.74) is 1.10. The van der Waals surface area contributed by atoms with E-state index in [1.54, 1.807) is 23.0 Å². The van der Waals surface area contributed by atoms with E-state index in [1.165, 1.54) is 13.2 Å². The zero-order valence-corrected chi connectivity index (χ0v) is 11.4. The molecular formula is C14H16N2O4. The van der Waals surface area contributed by atoms with Crippen LogP contribution in [0.5, 0.6) is 11.5 Å².